The molecule has 0 radical (unpaired) electrons. The highest BCUT2D eigenvalue weighted by molar-refractivity contribution is 6.52. The largest absolute Gasteiger partial charge is 0.507 e. The van der Waals surface area contributed by atoms with E-state index in [0.29, 0.717) is 29.4 Å². The zero-order valence-electron chi connectivity index (χ0n) is 21.3. The molecule has 7 heteroatoms. The molecule has 37 heavy (non-hydrogen) atoms. The van der Waals surface area contributed by atoms with Gasteiger partial charge in [0.2, 0.25) is 0 Å². The predicted octanol–water partition coefficient (Wildman–Crippen LogP) is 6.71. The number of halogens is 1. The Bertz CT molecular complexity index is 1330. The van der Waals surface area contributed by atoms with Gasteiger partial charge in [-0.2, -0.15) is 0 Å². The van der Waals surface area contributed by atoms with Gasteiger partial charge >= 0.3 is 0 Å². The number of aryl methyl sites for hydroxylation is 1. The summed E-state index contributed by atoms with van der Waals surface area (Å²) in [6.07, 6.45) is 0.840. The SMILES string of the molecule is CCOc1ccc(Cl)c(/C(O)=C2\C(=O)C(=O)N(c3ccc(OC(C)C)cc3)C2c2ccc(CC)cc2)c1. The van der Waals surface area contributed by atoms with Gasteiger partial charge in [-0.05, 0) is 80.8 Å². The highest BCUT2D eigenvalue weighted by Gasteiger charge is 2.47. The molecule has 1 fully saturated rings. The van der Waals surface area contributed by atoms with E-state index in [1.165, 1.54) is 4.90 Å². The number of Topliss-reactive ketones (excluding diaryl/α,β-unsaturated/α-hetero) is 1. The lowest BCUT2D eigenvalue weighted by molar-refractivity contribution is -0.132. The number of anilines is 1. The van der Waals surface area contributed by atoms with Crippen LogP contribution >= 0.6 is 11.6 Å². The lowest BCUT2D eigenvalue weighted by atomic mass is 9.94. The molecule has 0 aromatic heterocycles. The van der Waals surface area contributed by atoms with E-state index >= 15 is 0 Å². The van der Waals surface area contributed by atoms with Crippen molar-refractivity contribution in [2.24, 2.45) is 0 Å². The number of ketones is 1. The van der Waals surface area contributed by atoms with E-state index in [0.717, 1.165) is 12.0 Å². The molecular formula is C30H30ClNO5. The summed E-state index contributed by atoms with van der Waals surface area (Å²) >= 11 is 6.43. The summed E-state index contributed by atoms with van der Waals surface area (Å²) in [5.74, 6) is -0.731. The van der Waals surface area contributed by atoms with Gasteiger partial charge in [-0.1, -0.05) is 42.8 Å². The third kappa shape index (κ3) is 5.35. The third-order valence-corrected chi connectivity index (χ3v) is 6.47. The average molecular weight is 520 g/mol. The molecule has 192 valence electrons. The average Bonchev–Trinajstić information content (AvgIpc) is 3.15. The molecule has 1 aliphatic rings. The number of carbonyl (C=O) groups is 2. The first kappa shape index (κ1) is 26.3. The van der Waals surface area contributed by atoms with Crippen LogP contribution in [-0.4, -0.2) is 29.5 Å². The first-order valence-corrected chi connectivity index (χ1v) is 12.7. The van der Waals surface area contributed by atoms with Crippen LogP contribution in [-0.2, 0) is 16.0 Å². The molecule has 0 saturated carbocycles. The summed E-state index contributed by atoms with van der Waals surface area (Å²) in [7, 11) is 0. The Kier molecular flexibility index (Phi) is 7.89. The maximum Gasteiger partial charge on any atom is 0.300 e. The fraction of sp³-hybridized carbons (Fsp3) is 0.267. The van der Waals surface area contributed by atoms with Crippen LogP contribution in [0.3, 0.4) is 0 Å². The van der Waals surface area contributed by atoms with Crippen LogP contribution in [0.15, 0.2) is 72.3 Å². The summed E-state index contributed by atoms with van der Waals surface area (Å²) in [6.45, 7) is 8.18. The van der Waals surface area contributed by atoms with Crippen LogP contribution in [0.4, 0.5) is 5.69 Å². The van der Waals surface area contributed by atoms with Crippen molar-refractivity contribution in [1.29, 1.82) is 0 Å². The van der Waals surface area contributed by atoms with Crippen molar-refractivity contribution in [3.8, 4) is 11.5 Å². The Morgan fingerprint density at radius 3 is 2.22 bits per heavy atom. The second kappa shape index (κ2) is 11.1. The topological polar surface area (TPSA) is 76.1 Å². The standard InChI is InChI=1S/C30H30ClNO5/c1-5-19-7-9-20(10-8-19)27-26(28(33)24-17-23(36-6-2)15-16-25(24)31)29(34)30(35)32(27)21-11-13-22(14-12-21)37-18(3)4/h7-18,27,33H,5-6H2,1-4H3/b28-26+. The van der Waals surface area contributed by atoms with E-state index in [2.05, 4.69) is 6.92 Å². The first-order valence-electron chi connectivity index (χ1n) is 12.3. The smallest absolute Gasteiger partial charge is 0.300 e. The number of aliphatic hydroxyl groups excluding tert-OH is 1. The second-order valence-corrected chi connectivity index (χ2v) is 9.41. The van der Waals surface area contributed by atoms with E-state index in [9.17, 15) is 14.7 Å². The van der Waals surface area contributed by atoms with Gasteiger partial charge in [0, 0.05) is 11.3 Å². The van der Waals surface area contributed by atoms with Crippen LogP contribution in [0.5, 0.6) is 11.5 Å². The molecule has 1 aliphatic heterocycles. The van der Waals surface area contributed by atoms with Gasteiger partial charge in [0.25, 0.3) is 11.7 Å². The number of aliphatic hydroxyl groups is 1. The monoisotopic (exact) mass is 519 g/mol. The van der Waals surface area contributed by atoms with Gasteiger partial charge in [-0.25, -0.2) is 0 Å². The Morgan fingerprint density at radius 1 is 0.973 bits per heavy atom. The summed E-state index contributed by atoms with van der Waals surface area (Å²) in [5, 5.41) is 11.7. The van der Waals surface area contributed by atoms with Crippen molar-refractivity contribution in [3.63, 3.8) is 0 Å². The van der Waals surface area contributed by atoms with Crippen molar-refractivity contribution >= 4 is 34.7 Å². The summed E-state index contributed by atoms with van der Waals surface area (Å²) in [5.41, 5.74) is 2.51. The zero-order valence-corrected chi connectivity index (χ0v) is 22.1. The lowest BCUT2D eigenvalue weighted by Crippen LogP contribution is -2.29. The summed E-state index contributed by atoms with van der Waals surface area (Å²) < 4.78 is 11.3. The van der Waals surface area contributed by atoms with Crippen LogP contribution in [0.1, 0.15) is 50.4 Å². The van der Waals surface area contributed by atoms with E-state index in [1.54, 1.807) is 42.5 Å². The number of nitrogens with zero attached hydrogens (tertiary/aromatic N) is 1. The molecular weight excluding hydrogens is 490 g/mol. The Hall–Kier alpha value is -3.77. The molecule has 0 aliphatic carbocycles. The summed E-state index contributed by atoms with van der Waals surface area (Å²) in [4.78, 5) is 28.3. The molecule has 0 bridgehead atoms. The number of rotatable bonds is 8. The molecule has 1 unspecified atom stereocenters. The molecule has 1 saturated heterocycles. The van der Waals surface area contributed by atoms with Crippen molar-refractivity contribution in [2.75, 3.05) is 11.5 Å². The predicted molar refractivity (Wildman–Crippen MR) is 145 cm³/mol. The van der Waals surface area contributed by atoms with Gasteiger partial charge < -0.3 is 14.6 Å². The third-order valence-electron chi connectivity index (χ3n) is 6.14. The van der Waals surface area contributed by atoms with Crippen molar-refractivity contribution < 1.29 is 24.2 Å². The fourth-order valence-corrected chi connectivity index (χ4v) is 4.60. The van der Waals surface area contributed by atoms with Crippen molar-refractivity contribution in [2.45, 2.75) is 46.3 Å². The summed E-state index contributed by atoms with van der Waals surface area (Å²) in [6, 6.07) is 18.7. The highest BCUT2D eigenvalue weighted by Crippen LogP contribution is 2.43. The zero-order chi connectivity index (χ0) is 26.7. The van der Waals surface area contributed by atoms with E-state index < -0.39 is 17.7 Å². The highest BCUT2D eigenvalue weighted by atomic mass is 35.5. The molecule has 0 spiro atoms. The number of ether oxygens (including phenoxy) is 2. The fourth-order valence-electron chi connectivity index (χ4n) is 4.39. The molecule has 3 aromatic rings. The van der Waals surface area contributed by atoms with Gasteiger partial charge in [0.05, 0.1) is 29.3 Å². The molecule has 1 atom stereocenters. The molecule has 1 amide bonds. The molecule has 4 rings (SSSR count). The minimum Gasteiger partial charge on any atom is -0.507 e. The van der Waals surface area contributed by atoms with Crippen LogP contribution in [0.25, 0.3) is 5.76 Å². The minimum atomic E-state index is -0.852. The maximum atomic E-state index is 13.4. The number of hydrogen-bond donors (Lipinski definition) is 1. The molecule has 6 nitrogen and oxygen atoms in total. The maximum absolute atomic E-state index is 13.4. The Morgan fingerprint density at radius 2 is 1.62 bits per heavy atom. The molecule has 1 N–H and O–H groups in total. The number of carbonyl (C=O) groups excluding carboxylic acids is 2. The second-order valence-electron chi connectivity index (χ2n) is 9.00. The van der Waals surface area contributed by atoms with Gasteiger partial charge in [-0.3, -0.25) is 14.5 Å². The van der Waals surface area contributed by atoms with E-state index in [-0.39, 0.29) is 28.0 Å². The van der Waals surface area contributed by atoms with E-state index in [1.807, 2.05) is 45.0 Å². The van der Waals surface area contributed by atoms with Crippen LogP contribution < -0.4 is 14.4 Å². The van der Waals surface area contributed by atoms with Crippen LogP contribution in [0.2, 0.25) is 5.02 Å². The van der Waals surface area contributed by atoms with Gasteiger partial charge in [0.1, 0.15) is 17.3 Å². The van der Waals surface area contributed by atoms with Gasteiger partial charge in [0.15, 0.2) is 0 Å². The lowest BCUT2D eigenvalue weighted by Gasteiger charge is -2.26. The normalized spacial score (nSPS) is 16.9. The van der Waals surface area contributed by atoms with Crippen LogP contribution in [0, 0.1) is 0 Å². The Balaban J connectivity index is 1.89. The quantitative estimate of drug-likeness (QED) is 0.203. The number of amides is 1. The Labute approximate surface area is 222 Å². The van der Waals surface area contributed by atoms with Crippen molar-refractivity contribution in [3.05, 3.63) is 94.0 Å². The minimum absolute atomic E-state index is 0.00522. The first-order chi connectivity index (χ1) is 17.7. The van der Waals surface area contributed by atoms with E-state index in [4.69, 9.17) is 21.1 Å². The molecule has 1 heterocycles. The van der Waals surface area contributed by atoms with Gasteiger partial charge in [-0.15, -0.1) is 0 Å². The molecule has 3 aromatic carbocycles. The van der Waals surface area contributed by atoms with Crippen molar-refractivity contribution in [1.82, 2.24) is 0 Å². The number of hydrogen-bond acceptors (Lipinski definition) is 5. The number of benzene rings is 3.